The second kappa shape index (κ2) is 4.09. The monoisotopic (exact) mass is 226 g/mol. The first-order chi connectivity index (χ1) is 7.61. The molecule has 2 rings (SSSR count). The lowest BCUT2D eigenvalue weighted by Gasteiger charge is -2.27. The van der Waals surface area contributed by atoms with Gasteiger partial charge in [-0.1, -0.05) is 0 Å². The molecule has 0 atom stereocenters. The average molecular weight is 226 g/mol. The van der Waals surface area contributed by atoms with Gasteiger partial charge < -0.3 is 19.8 Å². The molecule has 1 aromatic heterocycles. The van der Waals surface area contributed by atoms with Crippen molar-refractivity contribution in [2.24, 2.45) is 7.05 Å². The summed E-state index contributed by atoms with van der Waals surface area (Å²) in [7, 11) is 1.79. The van der Waals surface area contributed by atoms with Crippen molar-refractivity contribution in [1.82, 2.24) is 9.55 Å². The van der Waals surface area contributed by atoms with Gasteiger partial charge in [-0.05, 0) is 9.91 Å². The summed E-state index contributed by atoms with van der Waals surface area (Å²) in [5.74, 6) is 1.15. The van der Waals surface area contributed by atoms with Gasteiger partial charge in [-0.15, -0.1) is 0 Å². The molecule has 7 heteroatoms. The number of nitrogens with zero attached hydrogens (tertiary/aromatic N) is 4. The maximum atomic E-state index is 10.9. The molecule has 1 aliphatic heterocycles. The van der Waals surface area contributed by atoms with Crippen molar-refractivity contribution < 1.29 is 9.66 Å². The van der Waals surface area contributed by atoms with Gasteiger partial charge in [0.1, 0.15) is 0 Å². The number of morpholine rings is 1. The van der Waals surface area contributed by atoms with Gasteiger partial charge in [-0.25, -0.2) is 0 Å². The second-order valence-electron chi connectivity index (χ2n) is 3.72. The van der Waals surface area contributed by atoms with Crippen molar-refractivity contribution in [2.75, 3.05) is 31.2 Å². The molecule has 1 aliphatic rings. The van der Waals surface area contributed by atoms with E-state index >= 15 is 0 Å². The maximum absolute atomic E-state index is 10.9. The van der Waals surface area contributed by atoms with Gasteiger partial charge in [0, 0.05) is 27.1 Å². The number of aromatic nitrogens is 2. The van der Waals surface area contributed by atoms with E-state index in [1.165, 1.54) is 0 Å². The van der Waals surface area contributed by atoms with Crippen molar-refractivity contribution in [3.8, 4) is 0 Å². The quantitative estimate of drug-likeness (QED) is 0.541. The van der Waals surface area contributed by atoms with E-state index < -0.39 is 4.92 Å². The van der Waals surface area contributed by atoms with Crippen LogP contribution in [0.2, 0.25) is 0 Å². The smallest absolute Gasteiger partial charge is 0.378 e. The predicted molar refractivity (Wildman–Crippen MR) is 57.6 cm³/mol. The number of anilines is 1. The fourth-order valence-corrected chi connectivity index (χ4v) is 1.83. The van der Waals surface area contributed by atoms with Crippen molar-refractivity contribution in [1.29, 1.82) is 0 Å². The van der Waals surface area contributed by atoms with Gasteiger partial charge in [0.05, 0.1) is 13.2 Å². The molecule has 1 saturated heterocycles. The van der Waals surface area contributed by atoms with E-state index in [9.17, 15) is 10.1 Å². The number of imidazole rings is 1. The summed E-state index contributed by atoms with van der Waals surface area (Å²) >= 11 is 0. The molecule has 0 saturated carbocycles. The lowest BCUT2D eigenvalue weighted by atomic mass is 10.4. The third kappa shape index (κ3) is 1.73. The first-order valence-electron chi connectivity index (χ1n) is 5.11. The predicted octanol–water partition coefficient (Wildman–Crippen LogP) is 0.473. The maximum Gasteiger partial charge on any atom is 0.406 e. The molecule has 0 aromatic carbocycles. The minimum atomic E-state index is -0.433. The van der Waals surface area contributed by atoms with Crippen LogP contribution < -0.4 is 4.90 Å². The number of rotatable bonds is 2. The third-order valence-corrected chi connectivity index (χ3v) is 2.75. The van der Waals surface area contributed by atoms with Crippen molar-refractivity contribution in [3.05, 3.63) is 15.9 Å². The van der Waals surface area contributed by atoms with E-state index in [0.717, 1.165) is 0 Å². The molecule has 88 valence electrons. The molecule has 0 radical (unpaired) electrons. The molecular formula is C9H14N4O3. The van der Waals surface area contributed by atoms with Crippen LogP contribution in [-0.4, -0.2) is 40.8 Å². The van der Waals surface area contributed by atoms with Gasteiger partial charge in [0.2, 0.25) is 11.6 Å². The highest BCUT2D eigenvalue weighted by molar-refractivity contribution is 5.56. The van der Waals surface area contributed by atoms with Gasteiger partial charge in [0.15, 0.2) is 0 Å². The van der Waals surface area contributed by atoms with Crippen LogP contribution in [-0.2, 0) is 11.8 Å². The third-order valence-electron chi connectivity index (χ3n) is 2.75. The topological polar surface area (TPSA) is 73.4 Å². The molecule has 0 N–H and O–H groups in total. The highest BCUT2D eigenvalue weighted by atomic mass is 16.6. The van der Waals surface area contributed by atoms with E-state index in [1.807, 2.05) is 4.90 Å². The molecule has 0 amide bonds. The highest BCUT2D eigenvalue weighted by Crippen LogP contribution is 2.28. The zero-order chi connectivity index (χ0) is 11.7. The minimum absolute atomic E-state index is 0.0677. The summed E-state index contributed by atoms with van der Waals surface area (Å²) in [5.41, 5.74) is 0. The molecule has 7 nitrogen and oxygen atoms in total. The van der Waals surface area contributed by atoms with Crippen LogP contribution in [0, 0.1) is 17.0 Å². The van der Waals surface area contributed by atoms with Crippen LogP contribution in [0.15, 0.2) is 0 Å². The average Bonchev–Trinajstić information content (AvgIpc) is 2.57. The number of ether oxygens (including phenoxy) is 1. The van der Waals surface area contributed by atoms with Crippen molar-refractivity contribution in [2.45, 2.75) is 6.92 Å². The van der Waals surface area contributed by atoms with Crippen LogP contribution in [0.4, 0.5) is 11.6 Å². The second-order valence-corrected chi connectivity index (χ2v) is 3.72. The number of nitro groups is 1. The van der Waals surface area contributed by atoms with Gasteiger partial charge >= 0.3 is 5.82 Å². The summed E-state index contributed by atoms with van der Waals surface area (Å²) in [6.07, 6.45) is 0. The van der Waals surface area contributed by atoms with Crippen molar-refractivity contribution >= 4 is 11.6 Å². The SMILES string of the molecule is Cc1nc([N+](=O)[O-])c(N2CCOCC2)n1C. The Labute approximate surface area is 92.8 Å². The summed E-state index contributed by atoms with van der Waals surface area (Å²) in [5, 5.41) is 10.9. The highest BCUT2D eigenvalue weighted by Gasteiger charge is 2.28. The normalized spacial score (nSPS) is 16.5. The first-order valence-corrected chi connectivity index (χ1v) is 5.11. The fraction of sp³-hybridized carbons (Fsp3) is 0.667. The molecule has 2 heterocycles. The molecule has 0 bridgehead atoms. The molecule has 0 unspecified atom stereocenters. The van der Waals surface area contributed by atoms with E-state index in [1.54, 1.807) is 18.5 Å². The summed E-state index contributed by atoms with van der Waals surface area (Å²) in [6, 6.07) is 0. The first kappa shape index (κ1) is 10.9. The zero-order valence-corrected chi connectivity index (χ0v) is 9.34. The Kier molecular flexibility index (Phi) is 2.78. The number of hydrogen-bond donors (Lipinski definition) is 0. The number of hydrogen-bond acceptors (Lipinski definition) is 5. The van der Waals surface area contributed by atoms with Gasteiger partial charge in [-0.2, -0.15) is 0 Å². The van der Waals surface area contributed by atoms with Crippen LogP contribution in [0.25, 0.3) is 0 Å². The largest absolute Gasteiger partial charge is 0.406 e. The Bertz CT molecular complexity index is 409. The molecule has 1 aromatic rings. The van der Waals surface area contributed by atoms with Crippen molar-refractivity contribution in [3.63, 3.8) is 0 Å². The Balaban J connectivity index is 2.40. The lowest BCUT2D eigenvalue weighted by molar-refractivity contribution is -0.388. The fourth-order valence-electron chi connectivity index (χ4n) is 1.83. The van der Waals surface area contributed by atoms with Crippen LogP contribution >= 0.6 is 0 Å². The minimum Gasteiger partial charge on any atom is -0.378 e. The Morgan fingerprint density at radius 2 is 2.06 bits per heavy atom. The van der Waals surface area contributed by atoms with E-state index in [0.29, 0.717) is 37.9 Å². The van der Waals surface area contributed by atoms with Gasteiger partial charge in [0.25, 0.3) is 0 Å². The summed E-state index contributed by atoms with van der Waals surface area (Å²) in [6.45, 7) is 4.29. The van der Waals surface area contributed by atoms with Crippen LogP contribution in [0.1, 0.15) is 5.82 Å². The zero-order valence-electron chi connectivity index (χ0n) is 9.34. The van der Waals surface area contributed by atoms with Gasteiger partial charge in [-0.3, -0.25) is 4.57 Å². The van der Waals surface area contributed by atoms with Crippen LogP contribution in [0.5, 0.6) is 0 Å². The Morgan fingerprint density at radius 1 is 1.44 bits per heavy atom. The summed E-state index contributed by atoms with van der Waals surface area (Å²) < 4.78 is 6.98. The standard InChI is InChI=1S/C9H14N4O3/c1-7-10-8(13(14)15)9(11(7)2)12-3-5-16-6-4-12/h3-6H2,1-2H3. The molecule has 0 spiro atoms. The molecule has 16 heavy (non-hydrogen) atoms. The number of aryl methyl sites for hydroxylation is 1. The molecule has 1 fully saturated rings. The molecule has 0 aliphatic carbocycles. The molecular weight excluding hydrogens is 212 g/mol. The van der Waals surface area contributed by atoms with E-state index in [4.69, 9.17) is 4.74 Å². The van der Waals surface area contributed by atoms with E-state index in [2.05, 4.69) is 4.98 Å². The van der Waals surface area contributed by atoms with Crippen LogP contribution in [0.3, 0.4) is 0 Å². The Morgan fingerprint density at radius 3 is 2.62 bits per heavy atom. The Hall–Kier alpha value is -1.63. The summed E-state index contributed by atoms with van der Waals surface area (Å²) in [4.78, 5) is 16.4. The lowest BCUT2D eigenvalue weighted by Crippen LogP contribution is -2.37. The van der Waals surface area contributed by atoms with E-state index in [-0.39, 0.29) is 5.82 Å².